The Morgan fingerprint density at radius 2 is 1.97 bits per heavy atom. The molecule has 3 heterocycles. The maximum absolute atomic E-state index is 14.6. The minimum Gasteiger partial charge on any atom is -0.463 e. The maximum atomic E-state index is 14.6. The molecule has 1 fully saturated rings. The average Bonchev–Trinajstić information content (AvgIpc) is 3.33. The van der Waals surface area contributed by atoms with E-state index < -0.39 is 41.4 Å². The smallest absolute Gasteiger partial charge is 0.407 e. The number of ether oxygens (including phenoxy) is 3. The van der Waals surface area contributed by atoms with Gasteiger partial charge in [-0.25, -0.2) is 23.4 Å². The van der Waals surface area contributed by atoms with Crippen molar-refractivity contribution in [1.29, 1.82) is 0 Å². The first-order chi connectivity index (χ1) is 16.5. The lowest BCUT2D eigenvalue weighted by molar-refractivity contribution is -0.0630. The quantitative estimate of drug-likeness (QED) is 0.655. The molecule has 1 unspecified atom stereocenters. The van der Waals surface area contributed by atoms with Crippen LogP contribution in [0.2, 0.25) is 0 Å². The van der Waals surface area contributed by atoms with E-state index in [1.807, 2.05) is 0 Å². The molecule has 1 amide bonds. The molecule has 1 N–H and O–H groups in total. The van der Waals surface area contributed by atoms with Gasteiger partial charge in [-0.2, -0.15) is 0 Å². The van der Waals surface area contributed by atoms with E-state index in [0.717, 1.165) is 29.6 Å². The van der Waals surface area contributed by atoms with Crippen molar-refractivity contribution < 1.29 is 32.6 Å². The highest BCUT2D eigenvalue weighted by molar-refractivity contribution is 5.85. The molecule has 2 aliphatic heterocycles. The van der Waals surface area contributed by atoms with E-state index in [0.29, 0.717) is 19.5 Å². The molecule has 0 radical (unpaired) electrons. The first-order valence-electron chi connectivity index (χ1n) is 11.4. The third kappa shape index (κ3) is 5.30. The van der Waals surface area contributed by atoms with Crippen LogP contribution >= 0.6 is 0 Å². The van der Waals surface area contributed by atoms with E-state index in [2.05, 4.69) is 15.2 Å². The Kier molecular flexibility index (Phi) is 6.83. The summed E-state index contributed by atoms with van der Waals surface area (Å²) in [6, 6.07) is 2.37. The third-order valence-electron chi connectivity index (χ3n) is 6.21. The number of aromatic nitrogens is 2. The van der Waals surface area contributed by atoms with Crippen LogP contribution in [0.15, 0.2) is 18.2 Å². The van der Waals surface area contributed by atoms with E-state index >= 15 is 0 Å². The molecule has 2 aliphatic rings. The third-order valence-corrected chi connectivity index (χ3v) is 6.21. The maximum Gasteiger partial charge on any atom is 0.407 e. The van der Waals surface area contributed by atoms with Gasteiger partial charge in [-0.3, -0.25) is 4.90 Å². The zero-order chi connectivity index (χ0) is 25.5. The van der Waals surface area contributed by atoms with Gasteiger partial charge in [0, 0.05) is 31.7 Å². The fourth-order valence-electron chi connectivity index (χ4n) is 4.59. The highest BCUT2D eigenvalue weighted by atomic mass is 19.1. The van der Waals surface area contributed by atoms with E-state index in [4.69, 9.17) is 14.2 Å². The molecule has 3 atom stereocenters. The van der Waals surface area contributed by atoms with Crippen LogP contribution in [0.4, 0.5) is 13.6 Å². The lowest BCUT2D eigenvalue weighted by Gasteiger charge is -2.40. The number of methoxy groups -OCH3 is 1. The van der Waals surface area contributed by atoms with Crippen molar-refractivity contribution in [3.63, 3.8) is 0 Å². The van der Waals surface area contributed by atoms with Crippen molar-refractivity contribution >= 4 is 12.1 Å². The number of carbonyl (C=O) groups is 2. The van der Waals surface area contributed by atoms with Gasteiger partial charge in [0.15, 0.2) is 0 Å². The van der Waals surface area contributed by atoms with Gasteiger partial charge in [0.05, 0.1) is 31.1 Å². The topological polar surface area (TPSA) is 94.9 Å². The summed E-state index contributed by atoms with van der Waals surface area (Å²) in [6.45, 7) is 6.47. The number of rotatable bonds is 4. The number of benzene rings is 1. The lowest BCUT2D eigenvalue weighted by Crippen LogP contribution is -2.52. The highest BCUT2D eigenvalue weighted by Gasteiger charge is 2.40. The minimum absolute atomic E-state index is 0.0404. The second-order valence-corrected chi connectivity index (χ2v) is 9.85. The normalized spacial score (nSPS) is 22.5. The SMILES string of the molecule is COC(=O)c1nc2c(n1C)CN(C1CO[C@H](c3cc(F)ccc3F)[C@@H](NC(=O)OC(C)(C)C)C1)C2. The lowest BCUT2D eigenvalue weighted by atomic mass is 9.92. The molecule has 0 saturated carbocycles. The summed E-state index contributed by atoms with van der Waals surface area (Å²) in [5, 5.41) is 2.80. The van der Waals surface area contributed by atoms with Crippen molar-refractivity contribution in [2.75, 3.05) is 13.7 Å². The first-order valence-corrected chi connectivity index (χ1v) is 11.4. The number of hydrogen-bond donors (Lipinski definition) is 1. The Balaban J connectivity index is 1.54. The summed E-state index contributed by atoms with van der Waals surface area (Å²) in [7, 11) is 3.07. The fraction of sp³-hybridized carbons (Fsp3) is 0.542. The number of esters is 1. The molecule has 2 aromatic rings. The molecule has 9 nitrogen and oxygen atoms in total. The van der Waals surface area contributed by atoms with Crippen LogP contribution in [0.1, 0.15) is 60.9 Å². The Labute approximate surface area is 202 Å². The second kappa shape index (κ2) is 9.54. The van der Waals surface area contributed by atoms with Crippen LogP contribution in [0.3, 0.4) is 0 Å². The van der Waals surface area contributed by atoms with Gasteiger partial charge in [0.25, 0.3) is 0 Å². The van der Waals surface area contributed by atoms with E-state index in [1.54, 1.807) is 32.4 Å². The number of imidazole rings is 1. The van der Waals surface area contributed by atoms with E-state index in [9.17, 15) is 18.4 Å². The zero-order valence-electron chi connectivity index (χ0n) is 20.4. The predicted octanol–water partition coefficient (Wildman–Crippen LogP) is 3.22. The Hall–Kier alpha value is -3.05. The van der Waals surface area contributed by atoms with Crippen molar-refractivity contribution in [3.05, 3.63) is 52.6 Å². The number of carbonyl (C=O) groups excluding carboxylic acids is 2. The van der Waals surface area contributed by atoms with E-state index in [-0.39, 0.29) is 24.0 Å². The van der Waals surface area contributed by atoms with Crippen molar-refractivity contribution in [2.45, 2.75) is 64.1 Å². The van der Waals surface area contributed by atoms with Crippen LogP contribution < -0.4 is 5.32 Å². The van der Waals surface area contributed by atoms with Gasteiger partial charge in [-0.15, -0.1) is 0 Å². The van der Waals surface area contributed by atoms with Crippen LogP contribution in [0.5, 0.6) is 0 Å². The molecule has 0 bridgehead atoms. The molecule has 1 aromatic carbocycles. The minimum atomic E-state index is -0.886. The molecule has 11 heteroatoms. The summed E-state index contributed by atoms with van der Waals surface area (Å²) >= 11 is 0. The molecule has 0 spiro atoms. The average molecular weight is 493 g/mol. The number of halogens is 2. The second-order valence-electron chi connectivity index (χ2n) is 9.85. The van der Waals surface area contributed by atoms with Crippen molar-refractivity contribution in [3.8, 4) is 0 Å². The van der Waals surface area contributed by atoms with Gasteiger partial charge >= 0.3 is 12.1 Å². The van der Waals surface area contributed by atoms with Crippen LogP contribution in [0.25, 0.3) is 0 Å². The van der Waals surface area contributed by atoms with Gasteiger partial charge in [-0.1, -0.05) is 0 Å². The molecule has 1 saturated heterocycles. The van der Waals surface area contributed by atoms with Crippen LogP contribution in [-0.4, -0.2) is 57.9 Å². The monoisotopic (exact) mass is 492 g/mol. The summed E-state index contributed by atoms with van der Waals surface area (Å²) in [6.07, 6.45) is -1.14. The number of hydrogen-bond acceptors (Lipinski definition) is 7. The Bertz CT molecular complexity index is 1130. The number of alkyl carbamates (subject to hydrolysis) is 1. The van der Waals surface area contributed by atoms with Crippen LogP contribution in [-0.2, 0) is 34.3 Å². The highest BCUT2D eigenvalue weighted by Crippen LogP contribution is 2.35. The molecular formula is C24H30F2N4O5. The van der Waals surface area contributed by atoms with Crippen molar-refractivity contribution in [2.24, 2.45) is 7.05 Å². The number of amides is 1. The number of nitrogens with zero attached hydrogens (tertiary/aromatic N) is 3. The largest absolute Gasteiger partial charge is 0.463 e. The molecule has 190 valence electrons. The zero-order valence-corrected chi connectivity index (χ0v) is 20.4. The molecule has 0 aliphatic carbocycles. The summed E-state index contributed by atoms with van der Waals surface area (Å²) in [5.74, 6) is -1.47. The summed E-state index contributed by atoms with van der Waals surface area (Å²) < 4.78 is 46.5. The van der Waals surface area contributed by atoms with Crippen LogP contribution in [0, 0.1) is 11.6 Å². The molecule has 35 heavy (non-hydrogen) atoms. The summed E-state index contributed by atoms with van der Waals surface area (Å²) in [5.41, 5.74) is 0.972. The first kappa shape index (κ1) is 25.1. The Morgan fingerprint density at radius 1 is 1.23 bits per heavy atom. The number of fused-ring (bicyclic) bond motifs is 1. The van der Waals surface area contributed by atoms with Gasteiger partial charge in [0.1, 0.15) is 23.3 Å². The van der Waals surface area contributed by atoms with Gasteiger partial charge in [-0.05, 0) is 45.4 Å². The Morgan fingerprint density at radius 3 is 2.63 bits per heavy atom. The van der Waals surface area contributed by atoms with E-state index in [1.165, 1.54) is 7.11 Å². The predicted molar refractivity (Wildman–Crippen MR) is 120 cm³/mol. The molecule has 1 aromatic heterocycles. The molecular weight excluding hydrogens is 462 g/mol. The standard InChI is InChI=1S/C24H30F2N4O5/c1-24(2,3)35-23(32)28-17-9-14(12-34-20(17)15-8-13(25)6-7-16(15)26)30-10-18-19(11-30)29(4)21(27-18)22(31)33-5/h6-8,14,17,20H,9-12H2,1-5H3,(H,28,32)/t14?,17-,20+/m0/s1. The van der Waals surface area contributed by atoms with Crippen molar-refractivity contribution in [1.82, 2.24) is 19.8 Å². The summed E-state index contributed by atoms with van der Waals surface area (Å²) in [4.78, 5) is 31.1. The number of nitrogens with one attached hydrogen (secondary N) is 1. The fourth-order valence-corrected chi connectivity index (χ4v) is 4.59. The van der Waals surface area contributed by atoms with Gasteiger partial charge in [0.2, 0.25) is 5.82 Å². The van der Waals surface area contributed by atoms with Gasteiger partial charge < -0.3 is 24.1 Å². The molecule has 4 rings (SSSR count).